The van der Waals surface area contributed by atoms with E-state index >= 15 is 0 Å². The Balaban J connectivity index is 1.98. The summed E-state index contributed by atoms with van der Waals surface area (Å²) < 4.78 is 0. The van der Waals surface area contributed by atoms with Crippen molar-refractivity contribution in [3.8, 4) is 0 Å². The third kappa shape index (κ3) is 0.920. The maximum atomic E-state index is 5.45. The molecule has 0 aromatic heterocycles. The van der Waals surface area contributed by atoms with Crippen LogP contribution in [-0.4, -0.2) is 11.9 Å². The second kappa shape index (κ2) is 1.70. The molecule has 2 aliphatic rings. The van der Waals surface area contributed by atoms with E-state index in [-0.39, 0.29) is 6.23 Å². The first-order valence-electron chi connectivity index (χ1n) is 3.34. The highest BCUT2D eigenvalue weighted by Gasteiger charge is 2.32. The predicted molar refractivity (Wildman–Crippen MR) is 33.8 cm³/mol. The van der Waals surface area contributed by atoms with Crippen LogP contribution in [0, 0.1) is 5.92 Å². The lowest BCUT2D eigenvalue weighted by Gasteiger charge is -1.95. The van der Waals surface area contributed by atoms with Crippen LogP contribution >= 0.6 is 0 Å². The highest BCUT2D eigenvalue weighted by Crippen LogP contribution is 2.33. The molecule has 0 radical (unpaired) electrons. The summed E-state index contributed by atoms with van der Waals surface area (Å²) in [7, 11) is 0. The fourth-order valence-corrected chi connectivity index (χ4v) is 1.07. The maximum absolute atomic E-state index is 5.45. The molecule has 0 bridgehead atoms. The van der Waals surface area contributed by atoms with Crippen molar-refractivity contribution in [2.45, 2.75) is 25.5 Å². The van der Waals surface area contributed by atoms with Crippen LogP contribution in [0.1, 0.15) is 19.3 Å². The smallest absolute Gasteiger partial charge is 0.181 e. The molecular weight excluding hydrogens is 116 g/mol. The summed E-state index contributed by atoms with van der Waals surface area (Å²) in [4.78, 5) is 4.83. The Bertz CT molecular complexity index is 151. The number of hydrogen-bond donors (Lipinski definition) is 1. The van der Waals surface area contributed by atoms with Gasteiger partial charge in [0.2, 0.25) is 0 Å². The molecule has 1 aliphatic heterocycles. The van der Waals surface area contributed by atoms with Gasteiger partial charge in [-0.3, -0.25) is 5.73 Å². The Morgan fingerprint density at radius 3 is 2.78 bits per heavy atom. The molecule has 2 N–H and O–H groups in total. The Morgan fingerprint density at radius 1 is 1.56 bits per heavy atom. The number of oxime groups is 1. The lowest BCUT2D eigenvalue weighted by molar-refractivity contribution is 0.0906. The van der Waals surface area contributed by atoms with Gasteiger partial charge in [0.1, 0.15) is 0 Å². The molecule has 1 saturated carbocycles. The van der Waals surface area contributed by atoms with Gasteiger partial charge in [-0.1, -0.05) is 5.16 Å². The van der Waals surface area contributed by atoms with E-state index in [4.69, 9.17) is 10.6 Å². The first-order valence-corrected chi connectivity index (χ1v) is 3.34. The average Bonchev–Trinajstić information content (AvgIpc) is 2.58. The van der Waals surface area contributed by atoms with Crippen molar-refractivity contribution in [2.24, 2.45) is 16.8 Å². The average molecular weight is 126 g/mol. The molecule has 0 spiro atoms. The summed E-state index contributed by atoms with van der Waals surface area (Å²) in [6, 6.07) is 0. The van der Waals surface area contributed by atoms with Crippen LogP contribution in [0.5, 0.6) is 0 Å². The summed E-state index contributed by atoms with van der Waals surface area (Å²) in [6.07, 6.45) is 3.27. The number of nitrogens with zero attached hydrogens (tertiary/aromatic N) is 1. The van der Waals surface area contributed by atoms with Crippen molar-refractivity contribution in [2.75, 3.05) is 0 Å². The van der Waals surface area contributed by atoms with Crippen molar-refractivity contribution >= 4 is 5.71 Å². The van der Waals surface area contributed by atoms with Crippen LogP contribution < -0.4 is 5.73 Å². The van der Waals surface area contributed by atoms with Crippen LogP contribution in [0.25, 0.3) is 0 Å². The molecule has 3 heteroatoms. The van der Waals surface area contributed by atoms with Crippen molar-refractivity contribution in [1.82, 2.24) is 0 Å². The van der Waals surface area contributed by atoms with Crippen molar-refractivity contribution in [3.05, 3.63) is 0 Å². The lowest BCUT2D eigenvalue weighted by Crippen LogP contribution is -2.19. The van der Waals surface area contributed by atoms with E-state index in [9.17, 15) is 0 Å². The quantitative estimate of drug-likeness (QED) is 0.554. The zero-order valence-corrected chi connectivity index (χ0v) is 5.21. The van der Waals surface area contributed by atoms with Gasteiger partial charge in [0.05, 0.1) is 5.71 Å². The van der Waals surface area contributed by atoms with Crippen LogP contribution in [0.2, 0.25) is 0 Å². The minimum absolute atomic E-state index is 0.152. The second-order valence-corrected chi connectivity index (χ2v) is 2.70. The number of nitrogens with two attached hydrogens (primary N) is 1. The van der Waals surface area contributed by atoms with E-state index in [0.717, 1.165) is 12.3 Å². The maximum Gasteiger partial charge on any atom is 0.181 e. The molecule has 1 aliphatic carbocycles. The first kappa shape index (κ1) is 5.23. The molecule has 1 unspecified atom stereocenters. The van der Waals surface area contributed by atoms with Gasteiger partial charge in [0.15, 0.2) is 6.23 Å². The van der Waals surface area contributed by atoms with E-state index in [1.807, 2.05) is 0 Å². The molecule has 50 valence electrons. The van der Waals surface area contributed by atoms with Gasteiger partial charge in [-0.25, -0.2) is 0 Å². The molecular formula is C6H10N2O. The Hall–Kier alpha value is -0.570. The van der Waals surface area contributed by atoms with Crippen molar-refractivity contribution in [3.63, 3.8) is 0 Å². The molecule has 0 aromatic carbocycles. The zero-order valence-electron chi connectivity index (χ0n) is 5.21. The number of hydrogen-bond acceptors (Lipinski definition) is 3. The van der Waals surface area contributed by atoms with Gasteiger partial charge in [0, 0.05) is 12.3 Å². The van der Waals surface area contributed by atoms with Gasteiger partial charge in [0.25, 0.3) is 0 Å². The van der Waals surface area contributed by atoms with Crippen LogP contribution in [0.3, 0.4) is 0 Å². The van der Waals surface area contributed by atoms with E-state index in [0.29, 0.717) is 0 Å². The summed E-state index contributed by atoms with van der Waals surface area (Å²) in [5, 5.41) is 3.87. The minimum atomic E-state index is -0.152. The Kier molecular flexibility index (Phi) is 0.990. The summed E-state index contributed by atoms with van der Waals surface area (Å²) in [5.41, 5.74) is 6.64. The third-order valence-electron chi connectivity index (χ3n) is 1.76. The topological polar surface area (TPSA) is 47.6 Å². The molecule has 2 rings (SSSR count). The molecule has 1 fully saturated rings. The van der Waals surface area contributed by atoms with Crippen LogP contribution in [0.15, 0.2) is 5.16 Å². The molecule has 0 aromatic rings. The van der Waals surface area contributed by atoms with Crippen molar-refractivity contribution in [1.29, 1.82) is 0 Å². The summed E-state index contributed by atoms with van der Waals surface area (Å²) >= 11 is 0. The molecule has 0 saturated heterocycles. The molecule has 1 atom stereocenters. The number of rotatable bonds is 1. The molecule has 3 nitrogen and oxygen atoms in total. The van der Waals surface area contributed by atoms with Crippen molar-refractivity contribution < 1.29 is 4.84 Å². The predicted octanol–water partition coefficient (Wildman–Crippen LogP) is 0.457. The molecule has 9 heavy (non-hydrogen) atoms. The van der Waals surface area contributed by atoms with E-state index in [1.54, 1.807) is 0 Å². The van der Waals surface area contributed by atoms with Crippen LogP contribution in [-0.2, 0) is 4.84 Å². The summed E-state index contributed by atoms with van der Waals surface area (Å²) in [6.45, 7) is 0. The third-order valence-corrected chi connectivity index (χ3v) is 1.76. The molecule has 0 amide bonds. The van der Waals surface area contributed by atoms with E-state index in [2.05, 4.69) is 5.16 Å². The Labute approximate surface area is 53.9 Å². The summed E-state index contributed by atoms with van der Waals surface area (Å²) in [5.74, 6) is 0.721. The lowest BCUT2D eigenvalue weighted by atomic mass is 10.2. The first-order chi connectivity index (χ1) is 4.36. The fraction of sp³-hybridized carbons (Fsp3) is 0.833. The van der Waals surface area contributed by atoms with Crippen LogP contribution in [0.4, 0.5) is 0 Å². The van der Waals surface area contributed by atoms with Gasteiger partial charge < -0.3 is 4.84 Å². The SMILES string of the molecule is NC1CC(C2CC2)=NO1. The van der Waals surface area contributed by atoms with Gasteiger partial charge in [-0.2, -0.15) is 0 Å². The normalized spacial score (nSPS) is 33.9. The monoisotopic (exact) mass is 126 g/mol. The fourth-order valence-electron chi connectivity index (χ4n) is 1.07. The zero-order chi connectivity index (χ0) is 6.27. The highest BCUT2D eigenvalue weighted by molar-refractivity contribution is 5.89. The largest absolute Gasteiger partial charge is 0.377 e. The Morgan fingerprint density at radius 2 is 2.33 bits per heavy atom. The highest BCUT2D eigenvalue weighted by atomic mass is 16.7. The van der Waals surface area contributed by atoms with E-state index in [1.165, 1.54) is 18.6 Å². The van der Waals surface area contributed by atoms with Gasteiger partial charge in [-0.05, 0) is 12.8 Å². The molecule has 1 heterocycles. The second-order valence-electron chi connectivity index (χ2n) is 2.70. The van der Waals surface area contributed by atoms with E-state index < -0.39 is 0 Å². The standard InChI is InChI=1S/C6H10N2O/c7-6-3-5(8-9-6)4-1-2-4/h4,6H,1-3,7H2. The van der Waals surface area contributed by atoms with Gasteiger partial charge >= 0.3 is 0 Å². The van der Waals surface area contributed by atoms with Gasteiger partial charge in [-0.15, -0.1) is 0 Å². The minimum Gasteiger partial charge on any atom is -0.377 e.